The fourth-order valence-electron chi connectivity index (χ4n) is 4.71. The lowest BCUT2D eigenvalue weighted by Crippen LogP contribution is -2.56. The highest BCUT2D eigenvalue weighted by Crippen LogP contribution is 2.31. The number of fused-ring (bicyclic) bond motifs is 1. The molecule has 0 radical (unpaired) electrons. The van der Waals surface area contributed by atoms with E-state index >= 15 is 0 Å². The lowest BCUT2D eigenvalue weighted by molar-refractivity contribution is -0.139. The number of carbonyl (C=O) groups is 2. The first-order chi connectivity index (χ1) is 15.6. The molecule has 168 valence electrons. The molecule has 0 aliphatic carbocycles. The van der Waals surface area contributed by atoms with Crippen molar-refractivity contribution in [1.29, 1.82) is 0 Å². The minimum Gasteiger partial charge on any atom is -0.493 e. The van der Waals surface area contributed by atoms with Crippen molar-refractivity contribution >= 4 is 17.9 Å². The van der Waals surface area contributed by atoms with E-state index in [2.05, 4.69) is 0 Å². The third-order valence-corrected chi connectivity index (χ3v) is 6.30. The molecule has 2 aliphatic heterocycles. The van der Waals surface area contributed by atoms with E-state index in [1.807, 2.05) is 40.1 Å². The van der Waals surface area contributed by atoms with Gasteiger partial charge in [0, 0.05) is 31.8 Å². The Morgan fingerprint density at radius 1 is 1.06 bits per heavy atom. The summed E-state index contributed by atoms with van der Waals surface area (Å²) in [4.78, 5) is 29.4. The maximum absolute atomic E-state index is 13.4. The van der Waals surface area contributed by atoms with Crippen molar-refractivity contribution in [3.63, 3.8) is 0 Å². The van der Waals surface area contributed by atoms with E-state index in [0.29, 0.717) is 37.6 Å². The quantitative estimate of drug-likeness (QED) is 0.640. The normalized spacial score (nSPS) is 20.8. The van der Waals surface area contributed by atoms with Crippen molar-refractivity contribution in [2.24, 2.45) is 5.92 Å². The molecule has 0 aromatic heterocycles. The number of hydrogen-bond acceptors (Lipinski definition) is 3. The van der Waals surface area contributed by atoms with Gasteiger partial charge in [0.1, 0.15) is 11.6 Å². The van der Waals surface area contributed by atoms with Gasteiger partial charge in [-0.2, -0.15) is 0 Å². The molecule has 0 N–H and O–H groups in total. The number of amides is 2. The van der Waals surface area contributed by atoms with Crippen molar-refractivity contribution < 1.29 is 18.7 Å². The van der Waals surface area contributed by atoms with Gasteiger partial charge < -0.3 is 14.5 Å². The van der Waals surface area contributed by atoms with Crippen LogP contribution in [-0.2, 0) is 9.59 Å². The maximum Gasteiger partial charge on any atom is 0.246 e. The minimum atomic E-state index is -0.316. The molecule has 2 aromatic rings. The summed E-state index contributed by atoms with van der Waals surface area (Å²) >= 11 is 0. The molecule has 0 bridgehead atoms. The Labute approximate surface area is 188 Å². The molecule has 2 atom stereocenters. The van der Waals surface area contributed by atoms with Gasteiger partial charge in [-0.05, 0) is 61.1 Å². The second-order valence-corrected chi connectivity index (χ2v) is 8.43. The van der Waals surface area contributed by atoms with Gasteiger partial charge >= 0.3 is 0 Å². The van der Waals surface area contributed by atoms with Crippen LogP contribution in [0.1, 0.15) is 31.2 Å². The van der Waals surface area contributed by atoms with Crippen LogP contribution in [0, 0.1) is 11.7 Å². The van der Waals surface area contributed by atoms with Gasteiger partial charge in [0.25, 0.3) is 0 Å². The molecule has 2 saturated heterocycles. The molecule has 0 spiro atoms. The van der Waals surface area contributed by atoms with Crippen molar-refractivity contribution in [1.82, 2.24) is 9.80 Å². The molecule has 6 heteroatoms. The number of likely N-dealkylation sites (tertiary alicyclic amines) is 2. The van der Waals surface area contributed by atoms with Gasteiger partial charge in [-0.25, -0.2) is 4.39 Å². The predicted molar refractivity (Wildman–Crippen MR) is 121 cm³/mol. The molecule has 4 rings (SSSR count). The zero-order valence-electron chi connectivity index (χ0n) is 18.2. The molecular formula is C26H29FN2O3. The summed E-state index contributed by atoms with van der Waals surface area (Å²) in [5.74, 6) is 0.812. The van der Waals surface area contributed by atoms with Gasteiger partial charge in [-0.15, -0.1) is 0 Å². The monoisotopic (exact) mass is 436 g/mol. The van der Waals surface area contributed by atoms with Gasteiger partial charge in [-0.1, -0.05) is 30.3 Å². The molecule has 2 aliphatic rings. The van der Waals surface area contributed by atoms with Gasteiger partial charge in [-0.3, -0.25) is 9.59 Å². The van der Waals surface area contributed by atoms with Crippen LogP contribution < -0.4 is 4.74 Å². The lowest BCUT2D eigenvalue weighted by atomic mass is 9.83. The lowest BCUT2D eigenvalue weighted by Gasteiger charge is -2.47. The Morgan fingerprint density at radius 3 is 2.72 bits per heavy atom. The summed E-state index contributed by atoms with van der Waals surface area (Å²) in [6.07, 6.45) is 6.29. The number of piperidine rings is 2. The number of hydrogen-bond donors (Lipinski definition) is 0. The first-order valence-electron chi connectivity index (χ1n) is 11.3. The average molecular weight is 437 g/mol. The summed E-state index contributed by atoms with van der Waals surface area (Å²) < 4.78 is 19.0. The molecule has 0 saturated carbocycles. The summed E-state index contributed by atoms with van der Waals surface area (Å²) in [6.45, 7) is 2.43. The van der Waals surface area contributed by atoms with E-state index in [9.17, 15) is 14.0 Å². The topological polar surface area (TPSA) is 49.9 Å². The molecule has 2 heterocycles. The van der Waals surface area contributed by atoms with Crippen molar-refractivity contribution in [3.05, 3.63) is 72.1 Å². The van der Waals surface area contributed by atoms with E-state index in [1.54, 1.807) is 18.2 Å². The van der Waals surface area contributed by atoms with Crippen LogP contribution in [0.3, 0.4) is 0 Å². The van der Waals surface area contributed by atoms with Gasteiger partial charge in [0.05, 0.1) is 13.0 Å². The summed E-state index contributed by atoms with van der Waals surface area (Å²) in [5, 5.41) is 0. The Kier molecular flexibility index (Phi) is 7.20. The number of halogens is 1. The van der Waals surface area contributed by atoms with E-state index in [4.69, 9.17) is 4.74 Å². The summed E-state index contributed by atoms with van der Waals surface area (Å²) in [7, 11) is 0. The zero-order valence-corrected chi connectivity index (χ0v) is 18.2. The third-order valence-electron chi connectivity index (χ3n) is 6.30. The number of ether oxygens (including phenoxy) is 1. The van der Waals surface area contributed by atoms with Crippen LogP contribution in [0.5, 0.6) is 5.75 Å². The number of benzene rings is 2. The van der Waals surface area contributed by atoms with E-state index < -0.39 is 0 Å². The van der Waals surface area contributed by atoms with Crippen LogP contribution in [0.25, 0.3) is 6.08 Å². The summed E-state index contributed by atoms with van der Waals surface area (Å²) in [6, 6.07) is 15.9. The molecule has 2 aromatic carbocycles. The molecule has 32 heavy (non-hydrogen) atoms. The first-order valence-corrected chi connectivity index (χ1v) is 11.3. The predicted octanol–water partition coefficient (Wildman–Crippen LogP) is 4.15. The fourth-order valence-corrected chi connectivity index (χ4v) is 4.71. The van der Waals surface area contributed by atoms with E-state index in [-0.39, 0.29) is 23.7 Å². The van der Waals surface area contributed by atoms with Crippen molar-refractivity contribution in [3.8, 4) is 5.75 Å². The Hall–Kier alpha value is -3.15. The second-order valence-electron chi connectivity index (χ2n) is 8.43. The molecule has 2 fully saturated rings. The number of rotatable bonds is 6. The molecule has 0 unspecified atom stereocenters. The highest BCUT2D eigenvalue weighted by molar-refractivity contribution is 5.92. The highest BCUT2D eigenvalue weighted by atomic mass is 19.1. The summed E-state index contributed by atoms with van der Waals surface area (Å²) in [5.41, 5.74) is 0.671. The fraction of sp³-hybridized carbons (Fsp3) is 0.385. The first kappa shape index (κ1) is 22.1. The van der Waals surface area contributed by atoms with Crippen LogP contribution in [0.15, 0.2) is 60.7 Å². The van der Waals surface area contributed by atoms with Crippen LogP contribution >= 0.6 is 0 Å². The second kappa shape index (κ2) is 10.4. The largest absolute Gasteiger partial charge is 0.493 e. The average Bonchev–Trinajstić information content (AvgIpc) is 2.82. The minimum absolute atomic E-state index is 0.0417. The number of nitrogens with zero attached hydrogens (tertiary/aromatic N) is 2. The molecular weight excluding hydrogens is 407 g/mol. The maximum atomic E-state index is 13.4. The van der Waals surface area contributed by atoms with Crippen LogP contribution in [0.2, 0.25) is 0 Å². The van der Waals surface area contributed by atoms with Crippen molar-refractivity contribution in [2.75, 3.05) is 26.2 Å². The van der Waals surface area contributed by atoms with Crippen LogP contribution in [0.4, 0.5) is 4.39 Å². The van der Waals surface area contributed by atoms with Crippen molar-refractivity contribution in [2.45, 2.75) is 31.7 Å². The molecule has 2 amide bonds. The number of carbonyl (C=O) groups excluding carboxylic acids is 2. The highest BCUT2D eigenvalue weighted by Gasteiger charge is 2.38. The zero-order chi connectivity index (χ0) is 22.3. The van der Waals surface area contributed by atoms with E-state index in [0.717, 1.165) is 31.6 Å². The third kappa shape index (κ3) is 5.55. The van der Waals surface area contributed by atoms with E-state index in [1.165, 1.54) is 18.2 Å². The molecule has 5 nitrogen and oxygen atoms in total. The Bertz CT molecular complexity index is 963. The smallest absolute Gasteiger partial charge is 0.246 e. The SMILES string of the molecule is O=C(CCOc1ccccc1)N1CC[C@H]2[C@H](CCCN2C(=O)/C=C/c2cccc(F)c2)C1. The van der Waals surface area contributed by atoms with Gasteiger partial charge in [0.15, 0.2) is 0 Å². The van der Waals surface area contributed by atoms with Crippen LogP contribution in [-0.4, -0.2) is 53.9 Å². The Morgan fingerprint density at radius 2 is 1.91 bits per heavy atom. The Balaban J connectivity index is 1.29. The van der Waals surface area contributed by atoms with Gasteiger partial charge in [0.2, 0.25) is 11.8 Å². The standard InChI is InChI=1S/C26H29FN2O3/c27-22-8-4-6-20(18-22)11-12-26(31)29-15-5-7-21-19-28(16-13-24(21)29)25(30)14-17-32-23-9-2-1-3-10-23/h1-4,6,8-12,18,21,24H,5,7,13-17,19H2/b12-11+/t21-,24+/m1/s1. The number of para-hydroxylation sites is 1.